The number of benzene rings is 2. The molecule has 0 saturated heterocycles. The maximum absolute atomic E-state index is 12.1. The second-order valence-corrected chi connectivity index (χ2v) is 7.19. The van der Waals surface area contributed by atoms with E-state index in [4.69, 9.17) is 0 Å². The lowest BCUT2D eigenvalue weighted by Crippen LogP contribution is -2.19. The number of amides is 2. The number of halogens is 1. The Hall–Kier alpha value is -2.25. The average molecular weight is 403 g/mol. The number of rotatable bonds is 3. The monoisotopic (exact) mass is 402 g/mol. The molecular formula is C17H15BrN4OS. The lowest BCUT2D eigenvalue weighted by atomic mass is 10.1. The molecule has 24 heavy (non-hydrogen) atoms. The fourth-order valence-electron chi connectivity index (χ4n) is 2.09. The molecule has 0 aliphatic rings. The first-order valence-corrected chi connectivity index (χ1v) is 8.87. The highest BCUT2D eigenvalue weighted by atomic mass is 79.9. The maximum Gasteiger partial charge on any atom is 0.325 e. The van der Waals surface area contributed by atoms with Crippen molar-refractivity contribution in [1.82, 2.24) is 10.2 Å². The summed E-state index contributed by atoms with van der Waals surface area (Å²) in [7, 11) is 0. The van der Waals surface area contributed by atoms with Crippen molar-refractivity contribution < 1.29 is 4.79 Å². The van der Waals surface area contributed by atoms with E-state index in [9.17, 15) is 4.79 Å². The van der Waals surface area contributed by atoms with E-state index in [0.29, 0.717) is 5.13 Å². The van der Waals surface area contributed by atoms with E-state index in [0.717, 1.165) is 26.3 Å². The lowest BCUT2D eigenvalue weighted by molar-refractivity contribution is 0.262. The summed E-state index contributed by atoms with van der Waals surface area (Å²) in [5.74, 6) is 0. The molecule has 3 aromatic rings. The summed E-state index contributed by atoms with van der Waals surface area (Å²) in [6.07, 6.45) is 0. The summed E-state index contributed by atoms with van der Waals surface area (Å²) in [6, 6.07) is 13.2. The van der Waals surface area contributed by atoms with Crippen LogP contribution in [-0.2, 0) is 0 Å². The Bertz CT molecular complexity index is 894. The summed E-state index contributed by atoms with van der Waals surface area (Å²) in [6.45, 7) is 4.04. The highest BCUT2D eigenvalue weighted by Crippen LogP contribution is 2.28. The van der Waals surface area contributed by atoms with Crippen molar-refractivity contribution in [2.24, 2.45) is 0 Å². The molecule has 0 aliphatic carbocycles. The van der Waals surface area contributed by atoms with Crippen molar-refractivity contribution in [2.75, 3.05) is 10.6 Å². The molecule has 0 unspecified atom stereocenters. The van der Waals surface area contributed by atoms with Crippen LogP contribution in [-0.4, -0.2) is 16.2 Å². The standard InChI is InChI=1S/C17H15BrN4OS/c1-10-6-7-14(8-11(10)2)19-16(23)20-17-22-21-15(24-17)12-4-3-5-13(18)9-12/h3-9H,1-2H3,(H2,19,20,22,23). The number of hydrogen-bond donors (Lipinski definition) is 2. The van der Waals surface area contributed by atoms with E-state index in [2.05, 4.69) is 36.8 Å². The number of aryl methyl sites for hydroxylation is 2. The zero-order valence-corrected chi connectivity index (χ0v) is 15.5. The number of carbonyl (C=O) groups is 1. The van der Waals surface area contributed by atoms with Crippen LogP contribution in [0.15, 0.2) is 46.9 Å². The number of nitrogens with one attached hydrogen (secondary N) is 2. The highest BCUT2D eigenvalue weighted by molar-refractivity contribution is 9.10. The van der Waals surface area contributed by atoms with Crippen LogP contribution < -0.4 is 10.6 Å². The second kappa shape index (κ2) is 7.11. The van der Waals surface area contributed by atoms with E-state index in [-0.39, 0.29) is 6.03 Å². The van der Waals surface area contributed by atoms with Crippen molar-refractivity contribution >= 4 is 44.1 Å². The van der Waals surface area contributed by atoms with Crippen molar-refractivity contribution in [3.8, 4) is 10.6 Å². The predicted molar refractivity (Wildman–Crippen MR) is 102 cm³/mol. The molecular weight excluding hydrogens is 388 g/mol. The van der Waals surface area contributed by atoms with E-state index in [1.54, 1.807) is 0 Å². The van der Waals surface area contributed by atoms with Gasteiger partial charge in [0, 0.05) is 15.7 Å². The topological polar surface area (TPSA) is 66.9 Å². The van der Waals surface area contributed by atoms with Gasteiger partial charge in [0.2, 0.25) is 5.13 Å². The van der Waals surface area contributed by atoms with Gasteiger partial charge in [-0.05, 0) is 49.2 Å². The van der Waals surface area contributed by atoms with Gasteiger partial charge in [0.25, 0.3) is 0 Å². The van der Waals surface area contributed by atoms with Crippen molar-refractivity contribution in [3.05, 3.63) is 58.1 Å². The van der Waals surface area contributed by atoms with Gasteiger partial charge in [-0.3, -0.25) is 5.32 Å². The van der Waals surface area contributed by atoms with Gasteiger partial charge in [-0.1, -0.05) is 45.5 Å². The van der Waals surface area contributed by atoms with E-state index in [1.165, 1.54) is 16.9 Å². The molecule has 2 aromatic carbocycles. The van der Waals surface area contributed by atoms with Crippen LogP contribution in [0.4, 0.5) is 15.6 Å². The molecule has 5 nitrogen and oxygen atoms in total. The fourth-order valence-corrected chi connectivity index (χ4v) is 3.22. The van der Waals surface area contributed by atoms with Crippen molar-refractivity contribution in [2.45, 2.75) is 13.8 Å². The van der Waals surface area contributed by atoms with Crippen LogP contribution in [0.2, 0.25) is 0 Å². The normalized spacial score (nSPS) is 10.5. The van der Waals surface area contributed by atoms with E-state index < -0.39 is 0 Å². The number of aromatic nitrogens is 2. The number of hydrogen-bond acceptors (Lipinski definition) is 4. The zero-order chi connectivity index (χ0) is 17.1. The van der Waals surface area contributed by atoms with Crippen LogP contribution in [0.25, 0.3) is 10.6 Å². The summed E-state index contributed by atoms with van der Waals surface area (Å²) in [4.78, 5) is 12.1. The van der Waals surface area contributed by atoms with Gasteiger partial charge < -0.3 is 5.32 Å². The second-order valence-electron chi connectivity index (χ2n) is 5.30. The largest absolute Gasteiger partial charge is 0.325 e. The molecule has 7 heteroatoms. The Kier molecular flexibility index (Phi) is 4.92. The van der Waals surface area contributed by atoms with Gasteiger partial charge in [-0.15, -0.1) is 10.2 Å². The van der Waals surface area contributed by atoms with Crippen LogP contribution in [0.3, 0.4) is 0 Å². The Morgan fingerprint density at radius 3 is 2.62 bits per heavy atom. The summed E-state index contributed by atoms with van der Waals surface area (Å²) < 4.78 is 0.970. The summed E-state index contributed by atoms with van der Waals surface area (Å²) >= 11 is 4.76. The molecule has 3 rings (SSSR count). The fraction of sp³-hybridized carbons (Fsp3) is 0.118. The average Bonchev–Trinajstić information content (AvgIpc) is 2.99. The Balaban J connectivity index is 1.68. The number of anilines is 2. The Morgan fingerprint density at radius 1 is 1.04 bits per heavy atom. The molecule has 0 atom stereocenters. The van der Waals surface area contributed by atoms with Gasteiger partial charge in [0.15, 0.2) is 0 Å². The van der Waals surface area contributed by atoms with E-state index in [1.807, 2.05) is 56.3 Å². The third-order valence-corrected chi connectivity index (χ3v) is 4.86. The van der Waals surface area contributed by atoms with Crippen LogP contribution in [0.1, 0.15) is 11.1 Å². The first-order chi connectivity index (χ1) is 11.5. The lowest BCUT2D eigenvalue weighted by Gasteiger charge is -2.07. The third kappa shape index (κ3) is 3.98. The Labute approximate surface area is 152 Å². The minimum atomic E-state index is -0.338. The molecule has 1 aromatic heterocycles. The first kappa shape index (κ1) is 16.6. The van der Waals surface area contributed by atoms with Gasteiger partial charge in [0.1, 0.15) is 5.01 Å². The minimum absolute atomic E-state index is 0.338. The van der Waals surface area contributed by atoms with Crippen LogP contribution in [0, 0.1) is 13.8 Å². The van der Waals surface area contributed by atoms with E-state index >= 15 is 0 Å². The quantitative estimate of drug-likeness (QED) is 0.630. The van der Waals surface area contributed by atoms with Crippen molar-refractivity contribution in [3.63, 3.8) is 0 Å². The van der Waals surface area contributed by atoms with Crippen molar-refractivity contribution in [1.29, 1.82) is 0 Å². The summed E-state index contributed by atoms with van der Waals surface area (Å²) in [5, 5.41) is 14.8. The molecule has 122 valence electrons. The predicted octanol–water partition coefficient (Wildman–Crippen LogP) is 5.23. The third-order valence-electron chi connectivity index (χ3n) is 3.48. The number of urea groups is 1. The smallest absolute Gasteiger partial charge is 0.308 e. The highest BCUT2D eigenvalue weighted by Gasteiger charge is 2.10. The molecule has 0 fully saturated rings. The zero-order valence-electron chi connectivity index (χ0n) is 13.1. The van der Waals surface area contributed by atoms with Crippen LogP contribution in [0.5, 0.6) is 0 Å². The SMILES string of the molecule is Cc1ccc(NC(=O)Nc2nnc(-c3cccc(Br)c3)s2)cc1C. The molecule has 0 saturated carbocycles. The minimum Gasteiger partial charge on any atom is -0.308 e. The molecule has 0 aliphatic heterocycles. The number of carbonyl (C=O) groups excluding carboxylic acids is 1. The van der Waals surface area contributed by atoms with Gasteiger partial charge in [0.05, 0.1) is 0 Å². The molecule has 0 bridgehead atoms. The molecule has 0 radical (unpaired) electrons. The van der Waals surface area contributed by atoms with Crippen LogP contribution >= 0.6 is 27.3 Å². The molecule has 2 N–H and O–H groups in total. The Morgan fingerprint density at radius 2 is 1.88 bits per heavy atom. The maximum atomic E-state index is 12.1. The van der Waals surface area contributed by atoms with Gasteiger partial charge >= 0.3 is 6.03 Å². The molecule has 2 amide bonds. The first-order valence-electron chi connectivity index (χ1n) is 7.26. The molecule has 1 heterocycles. The van der Waals surface area contributed by atoms with Gasteiger partial charge in [-0.25, -0.2) is 4.79 Å². The molecule has 0 spiro atoms. The van der Waals surface area contributed by atoms with Gasteiger partial charge in [-0.2, -0.15) is 0 Å². The summed E-state index contributed by atoms with van der Waals surface area (Å²) in [5.41, 5.74) is 4.00. The number of nitrogens with zero attached hydrogens (tertiary/aromatic N) is 2.